The van der Waals surface area contributed by atoms with Crippen LogP contribution in [0.5, 0.6) is 0 Å². The number of fused-ring (bicyclic) bond motifs is 1. The molecular weight excluding hydrogens is 252 g/mol. The number of amides is 1. The van der Waals surface area contributed by atoms with Crippen LogP contribution in [0.25, 0.3) is 11.0 Å². The quantitative estimate of drug-likeness (QED) is 0.910. The number of nitrogens with zero attached hydrogens (tertiary/aromatic N) is 1. The van der Waals surface area contributed by atoms with Crippen LogP contribution in [0, 0.1) is 0 Å². The predicted molar refractivity (Wildman–Crippen MR) is 78.6 cm³/mol. The summed E-state index contributed by atoms with van der Waals surface area (Å²) in [7, 11) is 0. The maximum Gasteiger partial charge on any atom is 0.289 e. The molecule has 1 aromatic carbocycles. The van der Waals surface area contributed by atoms with Crippen LogP contribution in [0.4, 0.5) is 0 Å². The molecule has 0 saturated heterocycles. The van der Waals surface area contributed by atoms with E-state index in [0.29, 0.717) is 18.3 Å². The third kappa shape index (κ3) is 2.43. The van der Waals surface area contributed by atoms with Gasteiger partial charge < -0.3 is 15.1 Å². The molecule has 1 saturated carbocycles. The van der Waals surface area contributed by atoms with Gasteiger partial charge in [0.1, 0.15) is 5.58 Å². The second-order valence-corrected chi connectivity index (χ2v) is 5.37. The largest absolute Gasteiger partial charge is 0.451 e. The molecule has 1 fully saturated rings. The number of carbonyl (C=O) groups excluding carboxylic acids is 1. The Bertz CT molecular complexity index is 568. The molecule has 1 aliphatic carbocycles. The van der Waals surface area contributed by atoms with E-state index in [1.807, 2.05) is 35.2 Å². The SMILES string of the molecule is NCCCN(C(=O)c1cc2ccccc2o1)C1CCC1. The molecule has 0 aliphatic heterocycles. The van der Waals surface area contributed by atoms with Crippen LogP contribution in [-0.2, 0) is 0 Å². The van der Waals surface area contributed by atoms with Crippen molar-refractivity contribution in [3.63, 3.8) is 0 Å². The van der Waals surface area contributed by atoms with Gasteiger partial charge in [0.25, 0.3) is 5.91 Å². The van der Waals surface area contributed by atoms with Crippen molar-refractivity contribution >= 4 is 16.9 Å². The lowest BCUT2D eigenvalue weighted by atomic mass is 9.91. The summed E-state index contributed by atoms with van der Waals surface area (Å²) in [6.07, 6.45) is 4.23. The number of furan rings is 1. The summed E-state index contributed by atoms with van der Waals surface area (Å²) in [4.78, 5) is 14.6. The van der Waals surface area contributed by atoms with Crippen LogP contribution in [0.3, 0.4) is 0 Å². The second kappa shape index (κ2) is 5.67. The zero-order valence-electron chi connectivity index (χ0n) is 11.5. The standard InChI is InChI=1S/C16H20N2O2/c17-9-4-10-18(13-6-3-7-13)16(19)15-11-12-5-1-2-8-14(12)20-15/h1-2,5,8,11,13H,3-4,6-7,9-10,17H2. The maximum atomic E-state index is 12.6. The summed E-state index contributed by atoms with van der Waals surface area (Å²) in [6.45, 7) is 1.33. The van der Waals surface area contributed by atoms with Crippen molar-refractivity contribution in [1.82, 2.24) is 4.90 Å². The van der Waals surface area contributed by atoms with Crippen LogP contribution in [0.1, 0.15) is 36.2 Å². The Hall–Kier alpha value is -1.81. The van der Waals surface area contributed by atoms with Gasteiger partial charge in [0, 0.05) is 18.0 Å². The Labute approximate surface area is 118 Å². The summed E-state index contributed by atoms with van der Waals surface area (Å²) in [6, 6.07) is 9.92. The van der Waals surface area contributed by atoms with Gasteiger partial charge in [-0.1, -0.05) is 18.2 Å². The molecule has 3 rings (SSSR count). The Kier molecular flexibility index (Phi) is 3.74. The number of rotatable bonds is 5. The number of hydrogen-bond donors (Lipinski definition) is 1. The van der Waals surface area contributed by atoms with Gasteiger partial charge in [-0.15, -0.1) is 0 Å². The molecule has 2 N–H and O–H groups in total. The maximum absolute atomic E-state index is 12.6. The van der Waals surface area contributed by atoms with Crippen molar-refractivity contribution in [2.75, 3.05) is 13.1 Å². The summed E-state index contributed by atoms with van der Waals surface area (Å²) >= 11 is 0. The van der Waals surface area contributed by atoms with Crippen molar-refractivity contribution in [3.05, 3.63) is 36.1 Å². The van der Waals surface area contributed by atoms with Gasteiger partial charge in [-0.05, 0) is 44.4 Å². The number of nitrogens with two attached hydrogens (primary N) is 1. The highest BCUT2D eigenvalue weighted by molar-refractivity contribution is 5.96. The smallest absolute Gasteiger partial charge is 0.289 e. The van der Waals surface area contributed by atoms with Crippen molar-refractivity contribution in [2.45, 2.75) is 31.7 Å². The fourth-order valence-corrected chi connectivity index (χ4v) is 2.64. The zero-order chi connectivity index (χ0) is 13.9. The summed E-state index contributed by atoms with van der Waals surface area (Å²) in [5.41, 5.74) is 6.34. The normalized spacial score (nSPS) is 15.2. The molecular formula is C16H20N2O2. The van der Waals surface area contributed by atoms with E-state index in [2.05, 4.69) is 0 Å². The van der Waals surface area contributed by atoms with Gasteiger partial charge in [-0.2, -0.15) is 0 Å². The molecule has 0 bridgehead atoms. The van der Waals surface area contributed by atoms with Crippen LogP contribution in [-0.4, -0.2) is 29.9 Å². The average Bonchev–Trinajstić information content (AvgIpc) is 2.84. The predicted octanol–water partition coefficient (Wildman–Crippen LogP) is 2.78. The molecule has 1 heterocycles. The summed E-state index contributed by atoms with van der Waals surface area (Å²) in [5, 5.41) is 0.975. The summed E-state index contributed by atoms with van der Waals surface area (Å²) < 4.78 is 5.69. The highest BCUT2D eigenvalue weighted by atomic mass is 16.3. The van der Waals surface area contributed by atoms with E-state index in [9.17, 15) is 4.79 Å². The van der Waals surface area contributed by atoms with E-state index in [4.69, 9.17) is 10.2 Å². The fraction of sp³-hybridized carbons (Fsp3) is 0.438. The number of benzene rings is 1. The van der Waals surface area contributed by atoms with E-state index in [1.165, 1.54) is 6.42 Å². The Morgan fingerprint density at radius 1 is 1.35 bits per heavy atom. The van der Waals surface area contributed by atoms with Crippen molar-refractivity contribution < 1.29 is 9.21 Å². The number of hydrogen-bond acceptors (Lipinski definition) is 3. The van der Waals surface area contributed by atoms with E-state index >= 15 is 0 Å². The van der Waals surface area contributed by atoms with E-state index < -0.39 is 0 Å². The summed E-state index contributed by atoms with van der Waals surface area (Å²) in [5.74, 6) is 0.439. The molecule has 0 radical (unpaired) electrons. The Morgan fingerprint density at radius 2 is 2.15 bits per heavy atom. The monoisotopic (exact) mass is 272 g/mol. The lowest BCUT2D eigenvalue weighted by molar-refractivity contribution is 0.0548. The Morgan fingerprint density at radius 3 is 2.80 bits per heavy atom. The fourth-order valence-electron chi connectivity index (χ4n) is 2.64. The third-order valence-corrected chi connectivity index (χ3v) is 4.02. The zero-order valence-corrected chi connectivity index (χ0v) is 11.5. The van der Waals surface area contributed by atoms with Crippen LogP contribution in [0.2, 0.25) is 0 Å². The lowest BCUT2D eigenvalue weighted by Gasteiger charge is -2.37. The minimum absolute atomic E-state index is 0.000602. The molecule has 0 atom stereocenters. The molecule has 20 heavy (non-hydrogen) atoms. The highest BCUT2D eigenvalue weighted by Crippen LogP contribution is 2.28. The minimum atomic E-state index is -0.000602. The van der Waals surface area contributed by atoms with Gasteiger partial charge in [0.15, 0.2) is 5.76 Å². The van der Waals surface area contributed by atoms with Gasteiger partial charge in [0.05, 0.1) is 0 Å². The molecule has 1 aliphatic rings. The van der Waals surface area contributed by atoms with Crippen LogP contribution < -0.4 is 5.73 Å². The molecule has 4 nitrogen and oxygen atoms in total. The second-order valence-electron chi connectivity index (χ2n) is 5.37. The van der Waals surface area contributed by atoms with Crippen molar-refractivity contribution in [3.8, 4) is 0 Å². The van der Waals surface area contributed by atoms with Gasteiger partial charge in [-0.3, -0.25) is 4.79 Å². The number of carbonyl (C=O) groups is 1. The lowest BCUT2D eigenvalue weighted by Crippen LogP contribution is -2.45. The molecule has 4 heteroatoms. The average molecular weight is 272 g/mol. The highest BCUT2D eigenvalue weighted by Gasteiger charge is 2.30. The van der Waals surface area contributed by atoms with E-state index in [1.54, 1.807) is 0 Å². The molecule has 1 amide bonds. The minimum Gasteiger partial charge on any atom is -0.451 e. The first-order valence-corrected chi connectivity index (χ1v) is 7.29. The Balaban J connectivity index is 1.83. The molecule has 0 unspecified atom stereocenters. The van der Waals surface area contributed by atoms with Crippen molar-refractivity contribution in [2.24, 2.45) is 5.73 Å². The molecule has 0 spiro atoms. The van der Waals surface area contributed by atoms with Gasteiger partial charge >= 0.3 is 0 Å². The first kappa shape index (κ1) is 13.2. The molecule has 1 aromatic heterocycles. The van der Waals surface area contributed by atoms with Gasteiger partial charge in [-0.25, -0.2) is 0 Å². The topological polar surface area (TPSA) is 59.5 Å². The van der Waals surface area contributed by atoms with Gasteiger partial charge in [0.2, 0.25) is 0 Å². The van der Waals surface area contributed by atoms with E-state index in [-0.39, 0.29) is 5.91 Å². The van der Waals surface area contributed by atoms with Crippen LogP contribution >= 0.6 is 0 Å². The molecule has 106 valence electrons. The molecule has 2 aromatic rings. The van der Waals surface area contributed by atoms with E-state index in [0.717, 1.165) is 36.8 Å². The van der Waals surface area contributed by atoms with Crippen LogP contribution in [0.15, 0.2) is 34.7 Å². The number of para-hydroxylation sites is 1. The first-order valence-electron chi connectivity index (χ1n) is 7.29. The first-order chi connectivity index (χ1) is 9.79. The van der Waals surface area contributed by atoms with Crippen molar-refractivity contribution in [1.29, 1.82) is 0 Å². The third-order valence-electron chi connectivity index (χ3n) is 4.02.